The van der Waals surface area contributed by atoms with Crippen LogP contribution in [-0.2, 0) is 14.8 Å². The average Bonchev–Trinajstić information content (AvgIpc) is 3.12. The molecule has 0 saturated carbocycles. The van der Waals surface area contributed by atoms with Gasteiger partial charge in [0.2, 0.25) is 15.9 Å². The van der Waals surface area contributed by atoms with E-state index in [2.05, 4.69) is 4.72 Å². The third-order valence-electron chi connectivity index (χ3n) is 5.16. The van der Waals surface area contributed by atoms with Crippen molar-refractivity contribution in [1.82, 2.24) is 4.72 Å². The van der Waals surface area contributed by atoms with E-state index >= 15 is 0 Å². The molecule has 3 aromatic rings. The largest absolute Gasteiger partial charge is 0.493 e. The maximum atomic E-state index is 12.9. The zero-order valence-electron chi connectivity index (χ0n) is 16.7. The van der Waals surface area contributed by atoms with E-state index in [-0.39, 0.29) is 23.8 Å². The lowest BCUT2D eigenvalue weighted by Crippen LogP contribution is -2.37. The number of benzene rings is 3. The number of nitrogens with one attached hydrogen (secondary N) is 1. The first-order valence-corrected chi connectivity index (χ1v) is 10.9. The Morgan fingerprint density at radius 3 is 2.40 bits per heavy atom. The van der Waals surface area contributed by atoms with Crippen molar-refractivity contribution in [2.24, 2.45) is 0 Å². The second kappa shape index (κ2) is 7.97. The molecule has 0 aliphatic carbocycles. The number of nitrogens with zero attached hydrogens (tertiary/aromatic N) is 1. The number of carbonyl (C=O) groups excluding carboxylic acids is 1. The highest BCUT2D eigenvalue weighted by molar-refractivity contribution is 7.89. The zero-order chi connectivity index (χ0) is 21.3. The van der Waals surface area contributed by atoms with Gasteiger partial charge in [-0.05, 0) is 35.0 Å². The molecule has 1 amide bonds. The molecule has 0 unspecified atom stereocenters. The predicted octanol–water partition coefficient (Wildman–Crippen LogP) is 2.94. The fraction of sp³-hybridized carbons (Fsp3) is 0.227. The summed E-state index contributed by atoms with van der Waals surface area (Å²) in [5, 5.41) is 1.81. The van der Waals surface area contributed by atoms with E-state index in [1.54, 1.807) is 41.3 Å². The summed E-state index contributed by atoms with van der Waals surface area (Å²) >= 11 is 0. The van der Waals surface area contributed by atoms with E-state index in [0.717, 1.165) is 10.8 Å². The molecule has 0 spiro atoms. The summed E-state index contributed by atoms with van der Waals surface area (Å²) in [5.41, 5.74) is 0.630. The van der Waals surface area contributed by atoms with Gasteiger partial charge in [-0.25, -0.2) is 13.1 Å². The topological polar surface area (TPSA) is 84.9 Å². The molecule has 0 radical (unpaired) electrons. The summed E-state index contributed by atoms with van der Waals surface area (Å²) < 4.78 is 39.0. The number of hydrogen-bond acceptors (Lipinski definition) is 5. The number of sulfonamides is 1. The quantitative estimate of drug-likeness (QED) is 0.655. The molecule has 3 aromatic carbocycles. The molecule has 0 aromatic heterocycles. The van der Waals surface area contributed by atoms with Crippen molar-refractivity contribution < 1.29 is 22.7 Å². The monoisotopic (exact) mass is 426 g/mol. The van der Waals surface area contributed by atoms with Crippen LogP contribution in [-0.4, -0.2) is 41.1 Å². The van der Waals surface area contributed by atoms with Crippen molar-refractivity contribution in [3.8, 4) is 11.5 Å². The van der Waals surface area contributed by atoms with Crippen LogP contribution in [0.2, 0.25) is 0 Å². The van der Waals surface area contributed by atoms with Crippen LogP contribution in [0.1, 0.15) is 6.42 Å². The van der Waals surface area contributed by atoms with Crippen molar-refractivity contribution in [2.45, 2.75) is 17.4 Å². The van der Waals surface area contributed by atoms with Crippen molar-refractivity contribution in [3.63, 3.8) is 0 Å². The summed E-state index contributed by atoms with van der Waals surface area (Å²) in [5.74, 6) is 0.901. The molecule has 1 N–H and O–H groups in total. The molecule has 30 heavy (non-hydrogen) atoms. The lowest BCUT2D eigenvalue weighted by atomic mass is 10.1. The van der Waals surface area contributed by atoms with Crippen LogP contribution in [0.3, 0.4) is 0 Å². The van der Waals surface area contributed by atoms with Gasteiger partial charge >= 0.3 is 0 Å². The molecule has 1 aliphatic rings. The van der Waals surface area contributed by atoms with E-state index in [1.165, 1.54) is 14.2 Å². The minimum atomic E-state index is -3.76. The van der Waals surface area contributed by atoms with Crippen molar-refractivity contribution in [3.05, 3.63) is 60.7 Å². The fourth-order valence-corrected chi connectivity index (χ4v) is 4.91. The summed E-state index contributed by atoms with van der Waals surface area (Å²) in [6.45, 7) is 0.237. The van der Waals surface area contributed by atoms with E-state index < -0.39 is 16.1 Å². The molecule has 7 nitrogen and oxygen atoms in total. The zero-order valence-corrected chi connectivity index (χ0v) is 17.5. The van der Waals surface area contributed by atoms with Gasteiger partial charge in [-0.1, -0.05) is 30.3 Å². The highest BCUT2D eigenvalue weighted by Gasteiger charge is 2.34. The first kappa shape index (κ1) is 20.2. The van der Waals surface area contributed by atoms with E-state index in [9.17, 15) is 13.2 Å². The Morgan fingerprint density at radius 1 is 0.933 bits per heavy atom. The van der Waals surface area contributed by atoms with Gasteiger partial charge in [-0.15, -0.1) is 0 Å². The van der Waals surface area contributed by atoms with Gasteiger partial charge in [0.05, 0.1) is 19.1 Å². The van der Waals surface area contributed by atoms with Gasteiger partial charge in [-0.3, -0.25) is 4.79 Å². The second-order valence-electron chi connectivity index (χ2n) is 7.07. The van der Waals surface area contributed by atoms with E-state index in [1.807, 2.05) is 24.3 Å². The van der Waals surface area contributed by atoms with Crippen LogP contribution in [0.4, 0.5) is 5.69 Å². The van der Waals surface area contributed by atoms with Crippen LogP contribution in [0.15, 0.2) is 65.6 Å². The number of amides is 1. The van der Waals surface area contributed by atoms with Crippen LogP contribution >= 0.6 is 0 Å². The van der Waals surface area contributed by atoms with Crippen molar-refractivity contribution in [1.29, 1.82) is 0 Å². The summed E-state index contributed by atoms with van der Waals surface area (Å²) in [6, 6.07) is 17.2. The third kappa shape index (κ3) is 3.83. The molecule has 156 valence electrons. The molecule has 1 saturated heterocycles. The standard InChI is InChI=1S/C22H22N2O5S/c1-28-20-10-8-18(13-21(20)29-2)24-14-17(12-22(24)25)23-30(26,27)19-9-7-15-5-3-4-6-16(15)11-19/h3-11,13,17,23H,12,14H2,1-2H3/t17-/m1/s1. The van der Waals surface area contributed by atoms with Gasteiger partial charge in [0, 0.05) is 30.8 Å². The van der Waals surface area contributed by atoms with Crippen molar-refractivity contribution >= 4 is 32.4 Å². The Bertz CT molecular complexity index is 1210. The average molecular weight is 426 g/mol. The van der Waals surface area contributed by atoms with Gasteiger partial charge in [-0.2, -0.15) is 0 Å². The molecule has 1 atom stereocenters. The van der Waals surface area contributed by atoms with E-state index in [4.69, 9.17) is 9.47 Å². The molecule has 0 bridgehead atoms. The number of carbonyl (C=O) groups is 1. The molecular formula is C22H22N2O5S. The number of methoxy groups -OCH3 is 2. The Kier molecular flexibility index (Phi) is 5.36. The van der Waals surface area contributed by atoms with Gasteiger partial charge in [0.1, 0.15) is 0 Å². The SMILES string of the molecule is COc1ccc(N2C[C@H](NS(=O)(=O)c3ccc4ccccc4c3)CC2=O)cc1OC. The second-order valence-corrected chi connectivity index (χ2v) is 8.79. The minimum Gasteiger partial charge on any atom is -0.493 e. The molecule has 1 aliphatic heterocycles. The maximum absolute atomic E-state index is 12.9. The number of rotatable bonds is 6. The highest BCUT2D eigenvalue weighted by atomic mass is 32.2. The first-order chi connectivity index (χ1) is 14.4. The minimum absolute atomic E-state index is 0.0845. The molecule has 8 heteroatoms. The lowest BCUT2D eigenvalue weighted by Gasteiger charge is -2.19. The van der Waals surface area contributed by atoms with Crippen LogP contribution in [0.5, 0.6) is 11.5 Å². The molecule has 1 fully saturated rings. The third-order valence-corrected chi connectivity index (χ3v) is 6.68. The lowest BCUT2D eigenvalue weighted by molar-refractivity contribution is -0.117. The molecule has 4 rings (SSSR count). The Labute approximate surface area is 175 Å². The molecular weight excluding hydrogens is 404 g/mol. The normalized spacial score (nSPS) is 16.8. The van der Waals surface area contributed by atoms with Crippen LogP contribution in [0, 0.1) is 0 Å². The fourth-order valence-electron chi connectivity index (χ4n) is 3.65. The smallest absolute Gasteiger partial charge is 0.240 e. The Balaban J connectivity index is 1.53. The number of ether oxygens (including phenoxy) is 2. The van der Waals surface area contributed by atoms with Gasteiger partial charge in [0.25, 0.3) is 0 Å². The summed E-state index contributed by atoms with van der Waals surface area (Å²) in [6.07, 6.45) is 0.0845. The van der Waals surface area contributed by atoms with Gasteiger partial charge in [0.15, 0.2) is 11.5 Å². The Hall–Kier alpha value is -3.10. The van der Waals surface area contributed by atoms with Crippen LogP contribution in [0.25, 0.3) is 10.8 Å². The number of fused-ring (bicyclic) bond motifs is 1. The highest BCUT2D eigenvalue weighted by Crippen LogP contribution is 2.33. The molecule has 1 heterocycles. The first-order valence-electron chi connectivity index (χ1n) is 9.45. The number of anilines is 1. The predicted molar refractivity (Wildman–Crippen MR) is 115 cm³/mol. The summed E-state index contributed by atoms with van der Waals surface area (Å²) in [7, 11) is -0.702. The van der Waals surface area contributed by atoms with Gasteiger partial charge < -0.3 is 14.4 Å². The maximum Gasteiger partial charge on any atom is 0.240 e. The Morgan fingerprint density at radius 2 is 1.67 bits per heavy atom. The summed E-state index contributed by atoms with van der Waals surface area (Å²) in [4.78, 5) is 14.3. The van der Waals surface area contributed by atoms with E-state index in [0.29, 0.717) is 17.2 Å². The van der Waals surface area contributed by atoms with Crippen LogP contribution < -0.4 is 19.1 Å². The van der Waals surface area contributed by atoms with Crippen molar-refractivity contribution in [2.75, 3.05) is 25.7 Å². The number of hydrogen-bond donors (Lipinski definition) is 1.